The summed E-state index contributed by atoms with van der Waals surface area (Å²) in [6.07, 6.45) is 4.06. The van der Waals surface area contributed by atoms with Crippen LogP contribution in [0, 0.1) is 0 Å². The monoisotopic (exact) mass is 235 g/mol. The van der Waals surface area contributed by atoms with Crippen LogP contribution in [-0.2, 0) is 17.3 Å². The van der Waals surface area contributed by atoms with E-state index in [1.54, 1.807) is 12.5 Å². The predicted molar refractivity (Wildman–Crippen MR) is 57.8 cm³/mol. The third kappa shape index (κ3) is 1.63. The SMILES string of the molecule is Cn1cncc1-c1noc(C2(N)CCOC2)n1. The summed E-state index contributed by atoms with van der Waals surface area (Å²) in [6.45, 7) is 1.04. The Morgan fingerprint density at radius 3 is 3.06 bits per heavy atom. The van der Waals surface area contributed by atoms with E-state index in [-0.39, 0.29) is 0 Å². The van der Waals surface area contributed by atoms with Crippen molar-refractivity contribution in [2.45, 2.75) is 12.0 Å². The average Bonchev–Trinajstić information content (AvgIpc) is 2.97. The number of imidazole rings is 1. The molecule has 1 unspecified atom stereocenters. The van der Waals surface area contributed by atoms with Crippen molar-refractivity contribution in [3.63, 3.8) is 0 Å². The van der Waals surface area contributed by atoms with Gasteiger partial charge >= 0.3 is 0 Å². The zero-order valence-electron chi connectivity index (χ0n) is 9.46. The summed E-state index contributed by atoms with van der Waals surface area (Å²) in [6, 6.07) is 0. The Morgan fingerprint density at radius 1 is 1.53 bits per heavy atom. The highest BCUT2D eigenvalue weighted by Gasteiger charge is 2.38. The third-order valence-corrected chi connectivity index (χ3v) is 2.95. The number of aryl methyl sites for hydroxylation is 1. The minimum atomic E-state index is -0.649. The smallest absolute Gasteiger partial charge is 0.249 e. The molecule has 0 saturated carbocycles. The van der Waals surface area contributed by atoms with Gasteiger partial charge in [0, 0.05) is 13.7 Å². The topological polar surface area (TPSA) is 92.0 Å². The highest BCUT2D eigenvalue weighted by molar-refractivity contribution is 5.47. The van der Waals surface area contributed by atoms with Gasteiger partial charge in [0.15, 0.2) is 0 Å². The lowest BCUT2D eigenvalue weighted by molar-refractivity contribution is 0.166. The molecule has 90 valence electrons. The van der Waals surface area contributed by atoms with Crippen molar-refractivity contribution in [2.24, 2.45) is 12.8 Å². The first kappa shape index (κ1) is 10.4. The van der Waals surface area contributed by atoms with E-state index in [4.69, 9.17) is 15.0 Å². The Hall–Kier alpha value is -1.73. The summed E-state index contributed by atoms with van der Waals surface area (Å²) >= 11 is 0. The average molecular weight is 235 g/mol. The van der Waals surface area contributed by atoms with E-state index in [1.165, 1.54) is 0 Å². The fourth-order valence-electron chi connectivity index (χ4n) is 1.85. The summed E-state index contributed by atoms with van der Waals surface area (Å²) in [5.41, 5.74) is 6.29. The number of rotatable bonds is 2. The molecule has 2 N–H and O–H groups in total. The van der Waals surface area contributed by atoms with Gasteiger partial charge in [-0.25, -0.2) is 4.98 Å². The molecule has 1 aliphatic rings. The van der Waals surface area contributed by atoms with Crippen LogP contribution < -0.4 is 5.73 Å². The fraction of sp³-hybridized carbons (Fsp3) is 0.500. The van der Waals surface area contributed by atoms with Crippen LogP contribution in [0.25, 0.3) is 11.5 Å². The molecule has 3 rings (SSSR count). The lowest BCUT2D eigenvalue weighted by Gasteiger charge is -2.14. The van der Waals surface area contributed by atoms with Crippen LogP contribution in [0.1, 0.15) is 12.3 Å². The highest BCUT2D eigenvalue weighted by atomic mass is 16.5. The predicted octanol–water partition coefficient (Wildman–Crippen LogP) is 0.0444. The summed E-state index contributed by atoms with van der Waals surface area (Å²) in [4.78, 5) is 8.33. The van der Waals surface area contributed by atoms with Crippen molar-refractivity contribution in [1.82, 2.24) is 19.7 Å². The van der Waals surface area contributed by atoms with E-state index in [9.17, 15) is 0 Å². The van der Waals surface area contributed by atoms with Crippen molar-refractivity contribution in [1.29, 1.82) is 0 Å². The molecule has 2 aromatic rings. The molecule has 1 fully saturated rings. The number of hydrogen-bond donors (Lipinski definition) is 1. The summed E-state index contributed by atoms with van der Waals surface area (Å²) in [5, 5.41) is 3.93. The van der Waals surface area contributed by atoms with Crippen LogP contribution in [-0.4, -0.2) is 32.9 Å². The van der Waals surface area contributed by atoms with E-state index >= 15 is 0 Å². The molecule has 3 heterocycles. The second kappa shape index (κ2) is 3.64. The van der Waals surface area contributed by atoms with Crippen molar-refractivity contribution >= 4 is 0 Å². The van der Waals surface area contributed by atoms with Crippen LogP contribution in [0.4, 0.5) is 0 Å². The minimum absolute atomic E-state index is 0.417. The number of hydrogen-bond acceptors (Lipinski definition) is 6. The van der Waals surface area contributed by atoms with Crippen molar-refractivity contribution in [2.75, 3.05) is 13.2 Å². The second-order valence-corrected chi connectivity index (χ2v) is 4.27. The molecule has 7 nitrogen and oxygen atoms in total. The van der Waals surface area contributed by atoms with Gasteiger partial charge < -0.3 is 19.6 Å². The molecule has 0 amide bonds. The van der Waals surface area contributed by atoms with Gasteiger partial charge in [-0.1, -0.05) is 5.16 Å². The highest BCUT2D eigenvalue weighted by Crippen LogP contribution is 2.27. The first-order valence-corrected chi connectivity index (χ1v) is 5.36. The van der Waals surface area contributed by atoms with Crippen LogP contribution in [0.15, 0.2) is 17.0 Å². The maximum Gasteiger partial charge on any atom is 0.249 e. The van der Waals surface area contributed by atoms with Gasteiger partial charge in [-0.15, -0.1) is 0 Å². The minimum Gasteiger partial charge on any atom is -0.379 e. The van der Waals surface area contributed by atoms with E-state index in [1.807, 2.05) is 11.6 Å². The van der Waals surface area contributed by atoms with Crippen molar-refractivity contribution in [3.8, 4) is 11.5 Å². The van der Waals surface area contributed by atoms with Gasteiger partial charge in [-0.2, -0.15) is 4.98 Å². The molecule has 1 saturated heterocycles. The van der Waals surface area contributed by atoms with E-state index < -0.39 is 5.54 Å². The largest absolute Gasteiger partial charge is 0.379 e. The molecule has 0 aromatic carbocycles. The molecule has 7 heteroatoms. The van der Waals surface area contributed by atoms with Gasteiger partial charge in [0.1, 0.15) is 11.2 Å². The Morgan fingerprint density at radius 2 is 2.41 bits per heavy atom. The lowest BCUT2D eigenvalue weighted by Crippen LogP contribution is -2.37. The van der Waals surface area contributed by atoms with Gasteiger partial charge in [-0.3, -0.25) is 0 Å². The normalized spacial score (nSPS) is 24.4. The second-order valence-electron chi connectivity index (χ2n) is 4.27. The molecule has 1 atom stereocenters. The quantitative estimate of drug-likeness (QED) is 0.790. The van der Waals surface area contributed by atoms with Gasteiger partial charge in [-0.05, 0) is 6.42 Å². The van der Waals surface area contributed by atoms with Gasteiger partial charge in [0.05, 0.1) is 19.1 Å². The third-order valence-electron chi connectivity index (χ3n) is 2.95. The lowest BCUT2D eigenvalue weighted by atomic mass is 10.0. The Bertz CT molecular complexity index is 526. The Balaban J connectivity index is 1.96. The fourth-order valence-corrected chi connectivity index (χ4v) is 1.85. The van der Waals surface area contributed by atoms with Gasteiger partial charge in [0.2, 0.25) is 11.7 Å². The number of ether oxygens (including phenoxy) is 1. The van der Waals surface area contributed by atoms with Crippen LogP contribution >= 0.6 is 0 Å². The molecule has 17 heavy (non-hydrogen) atoms. The van der Waals surface area contributed by atoms with E-state index in [2.05, 4.69) is 15.1 Å². The molecule has 0 bridgehead atoms. The Kier molecular flexibility index (Phi) is 2.23. The van der Waals surface area contributed by atoms with Gasteiger partial charge in [0.25, 0.3) is 0 Å². The van der Waals surface area contributed by atoms with Crippen molar-refractivity contribution < 1.29 is 9.26 Å². The first-order valence-electron chi connectivity index (χ1n) is 5.36. The standard InChI is InChI=1S/C10H13N5O2/c1-15-6-12-4-7(15)8-13-9(17-14-8)10(11)2-3-16-5-10/h4,6H,2-3,5,11H2,1H3. The summed E-state index contributed by atoms with van der Waals surface area (Å²) in [7, 11) is 1.87. The number of aromatic nitrogens is 4. The van der Waals surface area contributed by atoms with Crippen molar-refractivity contribution in [3.05, 3.63) is 18.4 Å². The maximum atomic E-state index is 6.14. The molecule has 0 spiro atoms. The van der Waals surface area contributed by atoms with E-state index in [0.717, 1.165) is 5.69 Å². The zero-order valence-corrected chi connectivity index (χ0v) is 9.46. The Labute approximate surface area is 97.6 Å². The molecule has 0 radical (unpaired) electrons. The number of nitrogens with two attached hydrogens (primary N) is 1. The van der Waals surface area contributed by atoms with Crippen LogP contribution in [0.3, 0.4) is 0 Å². The number of nitrogens with zero attached hydrogens (tertiary/aromatic N) is 4. The summed E-state index contributed by atoms with van der Waals surface area (Å²) in [5.74, 6) is 0.919. The molecule has 1 aliphatic heterocycles. The van der Waals surface area contributed by atoms with Crippen LogP contribution in [0.5, 0.6) is 0 Å². The van der Waals surface area contributed by atoms with Crippen LogP contribution in [0.2, 0.25) is 0 Å². The zero-order chi connectivity index (χ0) is 11.9. The van der Waals surface area contributed by atoms with E-state index in [0.29, 0.717) is 31.3 Å². The summed E-state index contributed by atoms with van der Waals surface area (Å²) < 4.78 is 12.3. The molecular weight excluding hydrogens is 222 g/mol. The molecule has 0 aliphatic carbocycles. The molecular formula is C10H13N5O2. The molecule has 2 aromatic heterocycles. The first-order chi connectivity index (χ1) is 8.19. The maximum absolute atomic E-state index is 6.14.